The summed E-state index contributed by atoms with van der Waals surface area (Å²) in [4.78, 5) is 0. The van der Waals surface area contributed by atoms with Gasteiger partial charge in [-0.05, 0) is 45.1 Å². The van der Waals surface area contributed by atoms with E-state index in [2.05, 4.69) is 33.0 Å². The van der Waals surface area contributed by atoms with Crippen LogP contribution in [-0.4, -0.2) is 24.8 Å². The molecule has 1 saturated carbocycles. The average Bonchev–Trinajstić information content (AvgIpc) is 2.33. The van der Waals surface area contributed by atoms with Gasteiger partial charge in [0.15, 0.2) is 0 Å². The highest BCUT2D eigenvalue weighted by atomic mass is 16.5. The summed E-state index contributed by atoms with van der Waals surface area (Å²) >= 11 is 0. The number of hydrogen-bond donors (Lipinski definition) is 1. The highest BCUT2D eigenvalue weighted by Gasteiger charge is 2.30. The molecule has 0 heterocycles. The van der Waals surface area contributed by atoms with Crippen molar-refractivity contribution in [2.75, 3.05) is 13.1 Å². The van der Waals surface area contributed by atoms with Gasteiger partial charge in [0, 0.05) is 6.54 Å². The Labute approximate surface area is 108 Å². The predicted octanol–water partition coefficient (Wildman–Crippen LogP) is 3.75. The first-order chi connectivity index (χ1) is 8.11. The quantitative estimate of drug-likeness (QED) is 0.685. The van der Waals surface area contributed by atoms with Crippen LogP contribution in [0.15, 0.2) is 0 Å². The van der Waals surface area contributed by atoms with Gasteiger partial charge >= 0.3 is 0 Å². The SMILES string of the molecule is CCCNCC(C)(CC)OC1CCCCC1C. The largest absolute Gasteiger partial charge is 0.370 e. The van der Waals surface area contributed by atoms with Crippen molar-refractivity contribution < 1.29 is 4.74 Å². The van der Waals surface area contributed by atoms with Crippen molar-refractivity contribution in [3.05, 3.63) is 0 Å². The van der Waals surface area contributed by atoms with Gasteiger partial charge in [0.2, 0.25) is 0 Å². The molecule has 0 aliphatic heterocycles. The molecule has 102 valence electrons. The van der Waals surface area contributed by atoms with Crippen molar-refractivity contribution in [1.29, 1.82) is 0 Å². The Hall–Kier alpha value is -0.0800. The second-order valence-corrected chi connectivity index (χ2v) is 5.90. The van der Waals surface area contributed by atoms with Crippen LogP contribution >= 0.6 is 0 Å². The summed E-state index contributed by atoms with van der Waals surface area (Å²) in [5, 5.41) is 3.51. The third-order valence-corrected chi connectivity index (χ3v) is 4.14. The summed E-state index contributed by atoms with van der Waals surface area (Å²) in [5.41, 5.74) is 0.0193. The molecule has 0 bridgehead atoms. The monoisotopic (exact) mass is 241 g/mol. The number of hydrogen-bond acceptors (Lipinski definition) is 2. The average molecular weight is 241 g/mol. The van der Waals surface area contributed by atoms with Gasteiger partial charge in [0.05, 0.1) is 11.7 Å². The van der Waals surface area contributed by atoms with Gasteiger partial charge in [-0.1, -0.05) is 33.6 Å². The standard InChI is InChI=1S/C15H31NO/c1-5-11-16-12-15(4,6-2)17-14-10-8-7-9-13(14)3/h13-14,16H,5-12H2,1-4H3. The molecule has 1 rings (SSSR count). The highest BCUT2D eigenvalue weighted by molar-refractivity contribution is 4.82. The zero-order valence-electron chi connectivity index (χ0n) is 12.2. The van der Waals surface area contributed by atoms with Crippen LogP contribution in [0.5, 0.6) is 0 Å². The van der Waals surface area contributed by atoms with Crippen LogP contribution in [0.1, 0.15) is 66.2 Å². The molecule has 3 atom stereocenters. The van der Waals surface area contributed by atoms with Gasteiger partial charge in [-0.25, -0.2) is 0 Å². The van der Waals surface area contributed by atoms with E-state index in [-0.39, 0.29) is 5.60 Å². The topological polar surface area (TPSA) is 21.3 Å². The molecule has 1 aliphatic carbocycles. The molecule has 3 unspecified atom stereocenters. The maximum absolute atomic E-state index is 6.42. The van der Waals surface area contributed by atoms with Gasteiger partial charge in [0.1, 0.15) is 0 Å². The van der Waals surface area contributed by atoms with Gasteiger partial charge in [-0.2, -0.15) is 0 Å². The van der Waals surface area contributed by atoms with Crippen LogP contribution in [0, 0.1) is 5.92 Å². The van der Waals surface area contributed by atoms with Crippen molar-refractivity contribution >= 4 is 0 Å². The highest BCUT2D eigenvalue weighted by Crippen LogP contribution is 2.30. The number of nitrogens with one attached hydrogen (secondary N) is 1. The molecule has 17 heavy (non-hydrogen) atoms. The molecule has 0 saturated heterocycles. The molecule has 0 amide bonds. The molecule has 0 aromatic carbocycles. The Morgan fingerprint density at radius 1 is 1.24 bits per heavy atom. The maximum Gasteiger partial charge on any atom is 0.0779 e. The van der Waals surface area contributed by atoms with Gasteiger partial charge in [-0.3, -0.25) is 0 Å². The fourth-order valence-corrected chi connectivity index (χ4v) is 2.60. The van der Waals surface area contributed by atoms with Gasteiger partial charge < -0.3 is 10.1 Å². The van der Waals surface area contributed by atoms with Gasteiger partial charge in [0.25, 0.3) is 0 Å². The third kappa shape index (κ3) is 4.97. The molecule has 0 aromatic heterocycles. The molecule has 1 aliphatic rings. The lowest BCUT2D eigenvalue weighted by molar-refractivity contribution is -0.114. The Morgan fingerprint density at radius 3 is 2.53 bits per heavy atom. The molecular formula is C15H31NO. The molecular weight excluding hydrogens is 210 g/mol. The minimum atomic E-state index is 0.0193. The first kappa shape index (κ1) is 15.0. The van der Waals surface area contributed by atoms with Gasteiger partial charge in [-0.15, -0.1) is 0 Å². The summed E-state index contributed by atoms with van der Waals surface area (Å²) < 4.78 is 6.42. The minimum absolute atomic E-state index is 0.0193. The minimum Gasteiger partial charge on any atom is -0.370 e. The Morgan fingerprint density at radius 2 is 1.94 bits per heavy atom. The summed E-state index contributed by atoms with van der Waals surface area (Å²) in [6.45, 7) is 11.1. The molecule has 0 aromatic rings. The van der Waals surface area contributed by atoms with E-state index in [9.17, 15) is 0 Å². The summed E-state index contributed by atoms with van der Waals surface area (Å²) in [7, 11) is 0. The molecule has 2 nitrogen and oxygen atoms in total. The van der Waals surface area contributed by atoms with Crippen molar-refractivity contribution in [3.8, 4) is 0 Å². The van der Waals surface area contributed by atoms with E-state index >= 15 is 0 Å². The maximum atomic E-state index is 6.42. The Kier molecular flexibility index (Phi) is 6.50. The lowest BCUT2D eigenvalue weighted by Gasteiger charge is -2.38. The van der Waals surface area contributed by atoms with Crippen molar-refractivity contribution in [1.82, 2.24) is 5.32 Å². The van der Waals surface area contributed by atoms with Crippen molar-refractivity contribution in [2.24, 2.45) is 5.92 Å². The predicted molar refractivity (Wildman–Crippen MR) is 74.4 cm³/mol. The zero-order chi connectivity index (χ0) is 12.7. The normalized spacial score (nSPS) is 28.9. The van der Waals surface area contributed by atoms with Crippen LogP contribution in [0.2, 0.25) is 0 Å². The van der Waals surface area contributed by atoms with Crippen LogP contribution in [0.4, 0.5) is 0 Å². The van der Waals surface area contributed by atoms with E-state index in [4.69, 9.17) is 4.74 Å². The van der Waals surface area contributed by atoms with E-state index in [1.54, 1.807) is 0 Å². The molecule has 0 radical (unpaired) electrons. The number of ether oxygens (including phenoxy) is 1. The van der Waals surface area contributed by atoms with Crippen LogP contribution < -0.4 is 5.32 Å². The van der Waals surface area contributed by atoms with E-state index in [0.29, 0.717) is 6.10 Å². The van der Waals surface area contributed by atoms with E-state index in [1.165, 1.54) is 32.1 Å². The summed E-state index contributed by atoms with van der Waals surface area (Å²) in [6.07, 6.45) is 8.09. The fraction of sp³-hybridized carbons (Fsp3) is 1.00. The van der Waals surface area contributed by atoms with E-state index in [1.807, 2.05) is 0 Å². The number of rotatable bonds is 7. The van der Waals surface area contributed by atoms with Crippen LogP contribution in [-0.2, 0) is 4.74 Å². The Bertz CT molecular complexity index is 207. The van der Waals surface area contributed by atoms with Crippen LogP contribution in [0.25, 0.3) is 0 Å². The lowest BCUT2D eigenvalue weighted by atomic mass is 9.87. The second kappa shape index (κ2) is 7.38. The third-order valence-electron chi connectivity index (χ3n) is 4.14. The van der Waals surface area contributed by atoms with Crippen LogP contribution in [0.3, 0.4) is 0 Å². The first-order valence-electron chi connectivity index (χ1n) is 7.50. The molecule has 1 fully saturated rings. The Balaban J connectivity index is 2.42. The fourth-order valence-electron chi connectivity index (χ4n) is 2.60. The molecule has 0 spiro atoms. The summed E-state index contributed by atoms with van der Waals surface area (Å²) in [6, 6.07) is 0. The molecule has 1 N–H and O–H groups in total. The first-order valence-corrected chi connectivity index (χ1v) is 7.50. The van der Waals surface area contributed by atoms with Crippen molar-refractivity contribution in [2.45, 2.75) is 77.9 Å². The van der Waals surface area contributed by atoms with Crippen molar-refractivity contribution in [3.63, 3.8) is 0 Å². The zero-order valence-corrected chi connectivity index (χ0v) is 12.2. The second-order valence-electron chi connectivity index (χ2n) is 5.90. The summed E-state index contributed by atoms with van der Waals surface area (Å²) in [5.74, 6) is 0.737. The molecule has 2 heteroatoms. The van der Waals surface area contributed by atoms with E-state index < -0.39 is 0 Å². The smallest absolute Gasteiger partial charge is 0.0779 e. The lowest BCUT2D eigenvalue weighted by Crippen LogP contribution is -2.45. The van der Waals surface area contributed by atoms with E-state index in [0.717, 1.165) is 25.4 Å².